The fourth-order valence-corrected chi connectivity index (χ4v) is 4.94. The first kappa shape index (κ1) is 22.4. The molecular weight excluding hydrogens is 440 g/mol. The molecule has 0 spiro atoms. The summed E-state index contributed by atoms with van der Waals surface area (Å²) in [5, 5.41) is 10.5. The van der Waals surface area contributed by atoms with Gasteiger partial charge in [-0.05, 0) is 80.5 Å². The first-order valence-electron chi connectivity index (χ1n) is 10.7. The average Bonchev–Trinajstić information content (AvgIpc) is 3.56. The van der Waals surface area contributed by atoms with Crippen LogP contribution in [0.1, 0.15) is 66.1 Å². The maximum Gasteiger partial charge on any atom is 0.338 e. The van der Waals surface area contributed by atoms with Crippen LogP contribution >= 0.6 is 23.2 Å². The number of carbonyl (C=O) groups is 1. The minimum absolute atomic E-state index is 0.174. The van der Waals surface area contributed by atoms with Crippen LogP contribution in [0.5, 0.6) is 5.75 Å². The second-order valence-electron chi connectivity index (χ2n) is 8.64. The number of carboxylic acids is 1. The topological polar surface area (TPSA) is 49.8 Å². The van der Waals surface area contributed by atoms with Crippen molar-refractivity contribution < 1.29 is 19.0 Å². The Balaban J connectivity index is 1.43. The van der Waals surface area contributed by atoms with Gasteiger partial charge < -0.3 is 9.84 Å². The van der Waals surface area contributed by atoms with Crippen LogP contribution in [-0.2, 0) is 0 Å². The summed E-state index contributed by atoms with van der Waals surface area (Å²) in [5.74, 6) is -0.936. The molecule has 1 aliphatic carbocycles. The molecule has 0 aromatic heterocycles. The first-order valence-corrected chi connectivity index (χ1v) is 11.5. The molecule has 7 heteroatoms. The fraction of sp³-hybridized carbons (Fsp3) is 0.458. The number of carboxylic acid groups (broad SMARTS) is 1. The molecule has 1 heterocycles. The molecule has 166 valence electrons. The Hall–Kier alpha value is -1.82. The van der Waals surface area contributed by atoms with E-state index in [1.807, 2.05) is 12.1 Å². The van der Waals surface area contributed by atoms with Crippen molar-refractivity contribution in [1.29, 1.82) is 0 Å². The van der Waals surface area contributed by atoms with Gasteiger partial charge in [0, 0.05) is 34.6 Å². The smallest absolute Gasteiger partial charge is 0.338 e. The molecule has 2 aromatic carbocycles. The molecule has 1 aliphatic heterocycles. The van der Waals surface area contributed by atoms with Gasteiger partial charge in [-0.2, -0.15) is 0 Å². The molecule has 0 radical (unpaired) electrons. The van der Waals surface area contributed by atoms with Gasteiger partial charge in [0.15, 0.2) is 0 Å². The van der Waals surface area contributed by atoms with Gasteiger partial charge in [0.2, 0.25) is 0 Å². The Bertz CT molecular complexity index is 959. The van der Waals surface area contributed by atoms with Crippen LogP contribution in [0.25, 0.3) is 0 Å². The Morgan fingerprint density at radius 1 is 1.19 bits per heavy atom. The van der Waals surface area contributed by atoms with Gasteiger partial charge in [-0.1, -0.05) is 23.2 Å². The quantitative estimate of drug-likeness (QED) is 0.502. The summed E-state index contributed by atoms with van der Waals surface area (Å²) >= 11 is 12.4. The molecular formula is C24H26Cl2FNO3. The number of nitrogens with zero attached hydrogens (tertiary/aromatic N) is 1. The van der Waals surface area contributed by atoms with E-state index < -0.39 is 11.8 Å². The van der Waals surface area contributed by atoms with E-state index in [0.29, 0.717) is 28.3 Å². The van der Waals surface area contributed by atoms with Crippen molar-refractivity contribution in [1.82, 2.24) is 4.90 Å². The Morgan fingerprint density at radius 3 is 2.55 bits per heavy atom. The zero-order chi connectivity index (χ0) is 22.1. The summed E-state index contributed by atoms with van der Waals surface area (Å²) in [7, 11) is 0. The van der Waals surface area contributed by atoms with E-state index in [2.05, 4.69) is 11.8 Å². The molecule has 2 atom stereocenters. The molecule has 31 heavy (non-hydrogen) atoms. The second-order valence-corrected chi connectivity index (χ2v) is 9.52. The molecule has 1 saturated carbocycles. The molecule has 2 aromatic rings. The zero-order valence-electron chi connectivity index (χ0n) is 17.4. The van der Waals surface area contributed by atoms with Crippen LogP contribution in [0.4, 0.5) is 4.39 Å². The second kappa shape index (κ2) is 9.35. The van der Waals surface area contributed by atoms with Crippen molar-refractivity contribution in [3.63, 3.8) is 0 Å². The molecule has 1 N–H and O–H groups in total. The third kappa shape index (κ3) is 5.33. The highest BCUT2D eigenvalue weighted by molar-refractivity contribution is 6.34. The van der Waals surface area contributed by atoms with Gasteiger partial charge in [-0.15, -0.1) is 0 Å². The molecule has 0 bridgehead atoms. The molecule has 1 saturated heterocycles. The van der Waals surface area contributed by atoms with Crippen LogP contribution in [0.3, 0.4) is 0 Å². The van der Waals surface area contributed by atoms with Gasteiger partial charge in [0.25, 0.3) is 0 Å². The van der Waals surface area contributed by atoms with E-state index in [4.69, 9.17) is 27.9 Å². The third-order valence-electron chi connectivity index (χ3n) is 6.29. The van der Waals surface area contributed by atoms with E-state index in [1.165, 1.54) is 12.1 Å². The number of ether oxygens (including phenoxy) is 1. The maximum absolute atomic E-state index is 14.3. The molecule has 4 nitrogen and oxygen atoms in total. The van der Waals surface area contributed by atoms with Crippen molar-refractivity contribution >= 4 is 29.2 Å². The van der Waals surface area contributed by atoms with Crippen molar-refractivity contribution in [2.45, 2.75) is 44.6 Å². The molecule has 0 amide bonds. The Labute approximate surface area is 191 Å². The number of rotatable bonds is 7. The lowest BCUT2D eigenvalue weighted by atomic mass is 9.95. The van der Waals surface area contributed by atoms with Crippen LogP contribution in [0.2, 0.25) is 10.0 Å². The zero-order valence-corrected chi connectivity index (χ0v) is 18.9. The van der Waals surface area contributed by atoms with E-state index in [9.17, 15) is 14.3 Å². The molecule has 2 fully saturated rings. The van der Waals surface area contributed by atoms with Crippen molar-refractivity contribution in [3.05, 3.63) is 62.9 Å². The predicted octanol–water partition coefficient (Wildman–Crippen LogP) is 6.56. The fourth-order valence-electron chi connectivity index (χ4n) is 4.39. The molecule has 1 unspecified atom stereocenters. The van der Waals surface area contributed by atoms with Crippen molar-refractivity contribution in [3.8, 4) is 5.75 Å². The highest BCUT2D eigenvalue weighted by Gasteiger charge is 2.30. The number of hydrogen-bond acceptors (Lipinski definition) is 3. The number of piperidine rings is 1. The minimum atomic E-state index is -1.25. The van der Waals surface area contributed by atoms with Crippen LogP contribution in [0.15, 0.2) is 30.3 Å². The number of aromatic carboxylic acids is 1. The summed E-state index contributed by atoms with van der Waals surface area (Å²) in [5.41, 5.74) is 1.61. The van der Waals surface area contributed by atoms with Gasteiger partial charge in [-0.3, -0.25) is 4.90 Å². The lowest BCUT2D eigenvalue weighted by Crippen LogP contribution is -2.39. The summed E-state index contributed by atoms with van der Waals surface area (Å²) in [6.45, 7) is 4.47. The van der Waals surface area contributed by atoms with Crippen molar-refractivity contribution in [2.75, 3.05) is 19.7 Å². The minimum Gasteiger partial charge on any atom is -0.493 e. The van der Waals surface area contributed by atoms with Crippen LogP contribution < -0.4 is 4.74 Å². The number of hydrogen-bond donors (Lipinski definition) is 1. The average molecular weight is 466 g/mol. The monoisotopic (exact) mass is 465 g/mol. The maximum atomic E-state index is 14.3. The summed E-state index contributed by atoms with van der Waals surface area (Å²) in [6.07, 6.45) is 4.05. The molecule has 4 rings (SSSR count). The van der Waals surface area contributed by atoms with Gasteiger partial charge in [-0.25, -0.2) is 9.18 Å². The lowest BCUT2D eigenvalue weighted by molar-refractivity contribution is 0.0691. The number of likely N-dealkylation sites (tertiary alicyclic amines) is 1. The summed E-state index contributed by atoms with van der Waals surface area (Å²) in [4.78, 5) is 13.7. The largest absolute Gasteiger partial charge is 0.493 e. The van der Waals surface area contributed by atoms with Crippen LogP contribution in [0, 0.1) is 11.7 Å². The van der Waals surface area contributed by atoms with Gasteiger partial charge >= 0.3 is 5.97 Å². The predicted molar refractivity (Wildman–Crippen MR) is 120 cm³/mol. The highest BCUT2D eigenvalue weighted by Crippen LogP contribution is 2.45. The summed E-state index contributed by atoms with van der Waals surface area (Å²) < 4.78 is 20.3. The SMILES string of the molecule is CC(c1cc(Cl)cc(Cl)c1)N1CCC[C@H](COc2cc(F)c(C(=O)O)cc2C2CC2)C1. The van der Waals surface area contributed by atoms with Gasteiger partial charge in [0.1, 0.15) is 11.6 Å². The third-order valence-corrected chi connectivity index (χ3v) is 6.72. The van der Waals surface area contributed by atoms with Crippen molar-refractivity contribution in [2.24, 2.45) is 5.92 Å². The van der Waals surface area contributed by atoms with E-state index in [1.54, 1.807) is 6.07 Å². The molecule has 2 aliphatic rings. The first-order chi connectivity index (χ1) is 14.8. The normalized spacial score (nSPS) is 20.5. The number of halogens is 3. The summed E-state index contributed by atoms with van der Waals surface area (Å²) in [6, 6.07) is 8.50. The van der Waals surface area contributed by atoms with Gasteiger partial charge in [0.05, 0.1) is 12.2 Å². The van der Waals surface area contributed by atoms with Crippen LogP contribution in [-0.4, -0.2) is 35.7 Å². The standard InChI is InChI=1S/C24H26Cl2FNO3/c1-14(17-7-18(25)9-19(26)8-17)28-6-2-3-15(12-28)13-31-23-11-22(27)21(24(29)30)10-20(23)16-4-5-16/h7-11,14-16H,2-6,12-13H2,1H3,(H,29,30)/t14?,15-/m0/s1. The Morgan fingerprint density at radius 2 is 1.90 bits per heavy atom. The number of benzene rings is 2. The Kier molecular flexibility index (Phi) is 6.75. The lowest BCUT2D eigenvalue weighted by Gasteiger charge is -2.37. The highest BCUT2D eigenvalue weighted by atomic mass is 35.5. The van der Waals surface area contributed by atoms with E-state index >= 15 is 0 Å². The van der Waals surface area contributed by atoms with E-state index in [-0.39, 0.29) is 17.5 Å². The van der Waals surface area contributed by atoms with E-state index in [0.717, 1.165) is 49.9 Å².